The normalized spacial score (nSPS) is 11.4. The molecule has 5 N–H and O–H groups in total. The second-order valence-corrected chi connectivity index (χ2v) is 1.66. The summed E-state index contributed by atoms with van der Waals surface area (Å²) in [4.78, 5) is 9.86. The first-order valence-corrected chi connectivity index (χ1v) is 2.39. The predicted molar refractivity (Wildman–Crippen MR) is 28.5 cm³/mol. The van der Waals surface area contributed by atoms with E-state index in [1.807, 2.05) is 0 Å². The molecule has 0 amide bonds. The molecule has 0 saturated carbocycles. The molecule has 0 saturated heterocycles. The third-order valence-electron chi connectivity index (χ3n) is 0.835. The zero-order valence-electron chi connectivity index (χ0n) is 4.74. The molecule has 0 radical (unpaired) electrons. The quantitative estimate of drug-likeness (QED) is 0.338. The van der Waals surface area contributed by atoms with Crippen molar-refractivity contribution in [3.05, 3.63) is 0 Å². The van der Waals surface area contributed by atoms with Gasteiger partial charge in [-0.3, -0.25) is 0 Å². The fourth-order valence-electron chi connectivity index (χ4n) is 0.308. The number of aliphatic carboxylic acids is 1. The van der Waals surface area contributed by atoms with E-state index in [1.54, 1.807) is 0 Å². The van der Waals surface area contributed by atoms with Gasteiger partial charge in [-0.05, 0) is 6.54 Å². The summed E-state index contributed by atoms with van der Waals surface area (Å²) >= 11 is 0. The Bertz CT molecular complexity index is 111. The molecule has 0 unspecified atom stereocenters. The van der Waals surface area contributed by atoms with Crippen LogP contribution in [0.4, 0.5) is 0 Å². The topological polar surface area (TPSA) is 104 Å². The maximum Gasteiger partial charge on any atom is 0.364 e. The smallest absolute Gasteiger partial charge is 0.364 e. The van der Waals surface area contributed by atoms with Crippen LogP contribution in [0.15, 0.2) is 0 Å². The molecule has 0 aliphatic carbocycles. The average Bonchev–Trinajstić information content (AvgIpc) is 1.65. The first-order valence-electron chi connectivity index (χ1n) is 2.39. The van der Waals surface area contributed by atoms with Crippen molar-refractivity contribution in [1.82, 2.24) is 0 Å². The van der Waals surface area contributed by atoms with Gasteiger partial charge in [0.15, 0.2) is 0 Å². The van der Waals surface area contributed by atoms with Gasteiger partial charge in [0.25, 0.3) is 5.79 Å². The Kier molecular flexibility index (Phi) is 2.57. The van der Waals surface area contributed by atoms with E-state index < -0.39 is 11.8 Å². The first-order chi connectivity index (χ1) is 4.00. The number of carboxylic acid groups (broad SMARTS) is 1. The Hall–Kier alpha value is -0.650. The molecule has 0 atom stereocenters. The Morgan fingerprint density at radius 1 is 1.56 bits per heavy atom. The zero-order chi connectivity index (χ0) is 7.49. The van der Waals surface area contributed by atoms with Crippen LogP contribution in [0.25, 0.3) is 0 Å². The summed E-state index contributed by atoms with van der Waals surface area (Å²) in [7, 11) is 0. The van der Waals surface area contributed by atoms with Crippen molar-refractivity contribution in [1.29, 1.82) is 0 Å². The lowest BCUT2D eigenvalue weighted by Gasteiger charge is -2.13. The van der Waals surface area contributed by atoms with Crippen molar-refractivity contribution in [2.45, 2.75) is 12.2 Å². The van der Waals surface area contributed by atoms with E-state index in [0.29, 0.717) is 0 Å². The number of hydrogen-bond acceptors (Lipinski definition) is 4. The SMILES string of the molecule is NCCC(O)(O)C(=O)O. The van der Waals surface area contributed by atoms with Crippen LogP contribution in [0.5, 0.6) is 0 Å². The number of hydrogen-bond donors (Lipinski definition) is 4. The van der Waals surface area contributed by atoms with Crippen molar-refractivity contribution in [2.75, 3.05) is 6.54 Å². The molecule has 0 fully saturated rings. The summed E-state index contributed by atoms with van der Waals surface area (Å²) < 4.78 is 0. The van der Waals surface area contributed by atoms with Crippen molar-refractivity contribution in [3.63, 3.8) is 0 Å². The molecule has 9 heavy (non-hydrogen) atoms. The molecule has 5 heteroatoms. The standard InChI is InChI=1S/C4H9NO4/c5-2-1-4(8,9)3(6)7/h8-9H,1-2,5H2,(H,6,7). The highest BCUT2D eigenvalue weighted by Crippen LogP contribution is 2.02. The Balaban J connectivity index is 3.85. The van der Waals surface area contributed by atoms with E-state index in [4.69, 9.17) is 21.1 Å². The first kappa shape index (κ1) is 8.35. The minimum absolute atomic E-state index is 0.0701. The van der Waals surface area contributed by atoms with Gasteiger partial charge in [0.05, 0.1) is 0 Å². The summed E-state index contributed by atoms with van der Waals surface area (Å²) in [5, 5.41) is 25.0. The van der Waals surface area contributed by atoms with Crippen molar-refractivity contribution in [3.8, 4) is 0 Å². The Morgan fingerprint density at radius 2 is 2.00 bits per heavy atom. The predicted octanol–water partition coefficient (Wildman–Crippen LogP) is -1.90. The van der Waals surface area contributed by atoms with Gasteiger partial charge in [-0.25, -0.2) is 4.79 Å². The van der Waals surface area contributed by atoms with Crippen LogP contribution in [0.2, 0.25) is 0 Å². The van der Waals surface area contributed by atoms with Crippen molar-refractivity contribution >= 4 is 5.97 Å². The molecule has 0 aliphatic heterocycles. The van der Waals surface area contributed by atoms with Crippen LogP contribution in [-0.2, 0) is 4.79 Å². The van der Waals surface area contributed by atoms with Gasteiger partial charge in [-0.2, -0.15) is 0 Å². The second-order valence-electron chi connectivity index (χ2n) is 1.66. The molecular weight excluding hydrogens is 126 g/mol. The number of aliphatic hydroxyl groups is 2. The maximum atomic E-state index is 9.86. The van der Waals surface area contributed by atoms with Crippen LogP contribution in [0, 0.1) is 0 Å². The second kappa shape index (κ2) is 2.77. The van der Waals surface area contributed by atoms with Gasteiger partial charge >= 0.3 is 5.97 Å². The number of rotatable bonds is 3. The third kappa shape index (κ3) is 2.41. The van der Waals surface area contributed by atoms with Crippen LogP contribution in [0.1, 0.15) is 6.42 Å². The zero-order valence-corrected chi connectivity index (χ0v) is 4.74. The van der Waals surface area contributed by atoms with Gasteiger partial charge in [0, 0.05) is 6.42 Å². The largest absolute Gasteiger partial charge is 0.477 e. The summed E-state index contributed by atoms with van der Waals surface area (Å²) in [6.45, 7) is -0.0701. The fraction of sp³-hybridized carbons (Fsp3) is 0.750. The molecular formula is C4H9NO4. The van der Waals surface area contributed by atoms with E-state index in [0.717, 1.165) is 0 Å². The molecule has 0 aromatic carbocycles. The number of carboxylic acids is 1. The van der Waals surface area contributed by atoms with E-state index >= 15 is 0 Å². The molecule has 0 heterocycles. The van der Waals surface area contributed by atoms with Gasteiger partial charge < -0.3 is 21.1 Å². The van der Waals surface area contributed by atoms with Crippen LogP contribution in [0.3, 0.4) is 0 Å². The minimum Gasteiger partial charge on any atom is -0.477 e. The summed E-state index contributed by atoms with van der Waals surface area (Å²) in [6.07, 6.45) is -0.359. The monoisotopic (exact) mass is 135 g/mol. The minimum atomic E-state index is -2.66. The summed E-state index contributed by atoms with van der Waals surface area (Å²) in [5.74, 6) is -4.33. The molecule has 0 spiro atoms. The maximum absolute atomic E-state index is 9.86. The third-order valence-corrected chi connectivity index (χ3v) is 0.835. The van der Waals surface area contributed by atoms with Crippen LogP contribution in [-0.4, -0.2) is 33.6 Å². The highest BCUT2D eigenvalue weighted by atomic mass is 16.5. The number of nitrogens with two attached hydrogens (primary N) is 1. The molecule has 5 nitrogen and oxygen atoms in total. The Labute approximate surface area is 51.7 Å². The van der Waals surface area contributed by atoms with Crippen LogP contribution < -0.4 is 5.73 Å². The summed E-state index contributed by atoms with van der Waals surface area (Å²) in [5.41, 5.74) is 4.87. The lowest BCUT2D eigenvalue weighted by Crippen LogP contribution is -2.39. The van der Waals surface area contributed by atoms with Crippen molar-refractivity contribution in [2.24, 2.45) is 5.73 Å². The molecule has 0 aromatic heterocycles. The molecule has 0 bridgehead atoms. The lowest BCUT2D eigenvalue weighted by atomic mass is 10.2. The van der Waals surface area contributed by atoms with E-state index in [9.17, 15) is 4.79 Å². The van der Waals surface area contributed by atoms with Gasteiger partial charge in [-0.15, -0.1) is 0 Å². The van der Waals surface area contributed by atoms with Gasteiger partial charge in [0.2, 0.25) is 0 Å². The summed E-state index contributed by atoms with van der Waals surface area (Å²) in [6, 6.07) is 0. The van der Waals surface area contributed by atoms with E-state index in [-0.39, 0.29) is 13.0 Å². The van der Waals surface area contributed by atoms with Gasteiger partial charge in [-0.1, -0.05) is 0 Å². The van der Waals surface area contributed by atoms with Gasteiger partial charge in [0.1, 0.15) is 0 Å². The number of carbonyl (C=O) groups is 1. The van der Waals surface area contributed by atoms with Crippen molar-refractivity contribution < 1.29 is 20.1 Å². The lowest BCUT2D eigenvalue weighted by molar-refractivity contribution is -0.204. The fourth-order valence-corrected chi connectivity index (χ4v) is 0.308. The van der Waals surface area contributed by atoms with Crippen LogP contribution >= 0.6 is 0 Å². The molecule has 0 aliphatic rings. The average molecular weight is 135 g/mol. The highest BCUT2D eigenvalue weighted by molar-refractivity contribution is 5.74. The van der Waals surface area contributed by atoms with E-state index in [2.05, 4.69) is 0 Å². The van der Waals surface area contributed by atoms with E-state index in [1.165, 1.54) is 0 Å². The highest BCUT2D eigenvalue weighted by Gasteiger charge is 2.31. The molecule has 54 valence electrons. The molecule has 0 aromatic rings. The Morgan fingerprint density at radius 3 is 2.11 bits per heavy atom. The molecule has 0 rings (SSSR count).